The van der Waals surface area contributed by atoms with E-state index in [0.717, 1.165) is 40.0 Å². The molecule has 5 heterocycles. The summed E-state index contributed by atoms with van der Waals surface area (Å²) in [5.41, 5.74) is 8.09. The van der Waals surface area contributed by atoms with Crippen molar-refractivity contribution in [2.24, 2.45) is 27.7 Å². The highest BCUT2D eigenvalue weighted by molar-refractivity contribution is 6.06. The molecule has 0 spiro atoms. The molecule has 82 heavy (non-hydrogen) atoms. The normalized spacial score (nSPS) is 18.5. The van der Waals surface area contributed by atoms with Crippen molar-refractivity contribution in [2.75, 3.05) is 39.3 Å². The highest BCUT2D eigenvalue weighted by Gasteiger charge is 2.36. The lowest BCUT2D eigenvalue weighted by Crippen LogP contribution is -2.45. The van der Waals surface area contributed by atoms with Gasteiger partial charge >= 0.3 is 0 Å². The van der Waals surface area contributed by atoms with Gasteiger partial charge in [0.25, 0.3) is 11.8 Å². The van der Waals surface area contributed by atoms with Crippen LogP contribution in [-0.2, 0) is 24.0 Å². The van der Waals surface area contributed by atoms with E-state index in [4.69, 9.17) is 23.9 Å². The number of nitrogens with zero attached hydrogens (tertiary/aromatic N) is 5. The van der Waals surface area contributed by atoms with Crippen LogP contribution in [0.4, 0.5) is 17.1 Å². The Labute approximate surface area is 480 Å². The Morgan fingerprint density at radius 3 is 1.96 bits per heavy atom. The summed E-state index contributed by atoms with van der Waals surface area (Å²) in [7, 11) is 3.20. The molecule has 2 N–H and O–H groups in total. The van der Waals surface area contributed by atoms with Gasteiger partial charge in [0.05, 0.1) is 68.1 Å². The molecule has 0 aromatic heterocycles. The van der Waals surface area contributed by atoms with E-state index < -0.39 is 12.0 Å². The van der Waals surface area contributed by atoms with E-state index in [1.54, 1.807) is 50.0 Å². The van der Waals surface area contributed by atoms with Crippen LogP contribution in [0.25, 0.3) is 5.57 Å². The van der Waals surface area contributed by atoms with Gasteiger partial charge in [0.1, 0.15) is 11.5 Å². The van der Waals surface area contributed by atoms with Gasteiger partial charge in [-0.3, -0.25) is 48.4 Å². The maximum absolute atomic E-state index is 13.6. The number of likely N-dealkylation sites (tertiary alicyclic amines) is 1. The fourth-order valence-corrected chi connectivity index (χ4v) is 10.5. The number of hydrogen-bond donors (Lipinski definition) is 2. The summed E-state index contributed by atoms with van der Waals surface area (Å²) in [6.07, 6.45) is 12.1. The standard InChI is InChI=1S/C37H36N4O6.C27H39N3O5/c1-22-12-26-18-38-32-17-35(34(45-4)15-30(32)37(43)40(26)20-22)47-11-5-10-46-33-16-31-29(13-23(33)2)36(42)41-21-25(14-27(41)19-39-31)24-6-8-28(44-3)9-7-24;1-17(2)25(22(31)15-19(4)26(34)28-21-12-10-18(3)11-13-21)29-23(32)9-7-6-8-14-30-24(33)16-20(5)27(30)35/h6-9,13,15-21,26-27H,5,10-12,14H2,1-4H3;10-13,17,19-20,25H,6-9,14-16H2,1-5H3,(H,28,34)(H,29,32)/t26-,27-;19-,20?,25+/m01/s1. The molecule has 18 heteroatoms. The van der Waals surface area contributed by atoms with E-state index in [9.17, 15) is 33.6 Å². The van der Waals surface area contributed by atoms with Crippen LogP contribution in [0.3, 0.4) is 0 Å². The summed E-state index contributed by atoms with van der Waals surface area (Å²) in [5, 5.41) is 5.66. The van der Waals surface area contributed by atoms with Crippen LogP contribution in [0.15, 0.2) is 101 Å². The third-order valence-corrected chi connectivity index (χ3v) is 15.2. The molecule has 0 saturated carbocycles. The Morgan fingerprint density at radius 2 is 1.33 bits per heavy atom. The zero-order chi connectivity index (χ0) is 58.8. The average Bonchev–Trinajstić information content (AvgIpc) is 4.22. The number of imide groups is 1. The van der Waals surface area contributed by atoms with E-state index in [1.165, 1.54) is 4.90 Å². The maximum Gasteiger partial charge on any atom is 0.260 e. The lowest BCUT2D eigenvalue weighted by molar-refractivity contribution is -0.139. The number of fused-ring (bicyclic) bond motifs is 4. The second-order valence-electron chi connectivity index (χ2n) is 22.1. The van der Waals surface area contributed by atoms with Crippen molar-refractivity contribution in [3.63, 3.8) is 0 Å². The van der Waals surface area contributed by atoms with Crippen molar-refractivity contribution in [1.29, 1.82) is 0 Å². The van der Waals surface area contributed by atoms with Crippen LogP contribution in [-0.4, -0.2) is 120 Å². The van der Waals surface area contributed by atoms with Gasteiger partial charge in [-0.15, -0.1) is 0 Å². The molecule has 9 rings (SSSR count). The van der Waals surface area contributed by atoms with E-state index in [1.807, 2.05) is 120 Å². The van der Waals surface area contributed by atoms with Gasteiger partial charge in [-0.1, -0.05) is 69.5 Å². The summed E-state index contributed by atoms with van der Waals surface area (Å²) in [5.74, 6) is 0.545. The van der Waals surface area contributed by atoms with Crippen LogP contribution in [0.1, 0.15) is 130 Å². The monoisotopic (exact) mass is 1120 g/mol. The zero-order valence-electron chi connectivity index (χ0n) is 48.4. The van der Waals surface area contributed by atoms with E-state index in [0.29, 0.717) is 97.3 Å². The molecule has 5 aliphatic heterocycles. The minimum atomic E-state index is -0.654. The molecule has 4 aromatic rings. The molecule has 5 aliphatic rings. The summed E-state index contributed by atoms with van der Waals surface area (Å²) in [6, 6.07) is 21.6. The largest absolute Gasteiger partial charge is 0.497 e. The molecular formula is C64H75N7O11. The van der Waals surface area contributed by atoms with Gasteiger partial charge < -0.3 is 39.4 Å². The van der Waals surface area contributed by atoms with Crippen molar-refractivity contribution in [1.82, 2.24) is 20.0 Å². The Bertz CT molecular complexity index is 3200. The Hall–Kier alpha value is -8.41. The zero-order valence-corrected chi connectivity index (χ0v) is 48.4. The molecule has 432 valence electrons. The molecule has 0 aliphatic carbocycles. The van der Waals surface area contributed by atoms with Crippen LogP contribution in [0.2, 0.25) is 0 Å². The highest BCUT2D eigenvalue weighted by Crippen LogP contribution is 2.40. The lowest BCUT2D eigenvalue weighted by atomic mass is 9.92. The predicted molar refractivity (Wildman–Crippen MR) is 314 cm³/mol. The van der Waals surface area contributed by atoms with Crippen LogP contribution in [0.5, 0.6) is 23.0 Å². The maximum atomic E-state index is 13.6. The smallest absolute Gasteiger partial charge is 0.260 e. The van der Waals surface area contributed by atoms with Crippen LogP contribution in [0, 0.1) is 31.6 Å². The first-order valence-corrected chi connectivity index (χ1v) is 28.2. The topological polar surface area (TPSA) is 215 Å². The number of hydrogen-bond acceptors (Lipinski definition) is 13. The second-order valence-corrected chi connectivity index (χ2v) is 22.1. The molecule has 1 saturated heterocycles. The summed E-state index contributed by atoms with van der Waals surface area (Å²) in [6.45, 7) is 14.3. The number of benzene rings is 4. The molecule has 0 bridgehead atoms. The SMILES string of the molecule is COc1ccc(C2=CN3C(=O)c4cc(C)c(OCCCOc5cc6c(cc5OC)C(=O)N5C=C(C)C[C@H]5C=N6)cc4N=C[C@@H]3C2)cc1.Cc1ccc(NC(=O)[C@H](C)CC(=O)[C@@H](NC(=O)CCCCCN2C(=O)CC(C)C2=O)C(C)C)cc1. The molecule has 0 radical (unpaired) electrons. The number of unbranched alkanes of at least 4 members (excludes halogenated alkanes) is 2. The average molecular weight is 1120 g/mol. The molecule has 6 amide bonds. The highest BCUT2D eigenvalue weighted by atomic mass is 16.5. The third-order valence-electron chi connectivity index (χ3n) is 15.2. The van der Waals surface area contributed by atoms with Gasteiger partial charge in [-0.25, -0.2) is 0 Å². The fourth-order valence-electron chi connectivity index (χ4n) is 10.5. The van der Waals surface area contributed by atoms with Crippen LogP contribution < -0.4 is 29.6 Å². The second kappa shape index (κ2) is 26.9. The number of anilines is 1. The van der Waals surface area contributed by atoms with Crippen molar-refractivity contribution >= 4 is 76.3 Å². The van der Waals surface area contributed by atoms with E-state index in [-0.39, 0.29) is 84.4 Å². The number of Topliss-reactive ketones (excluding diaryl/α,β-unsaturated/α-hetero) is 1. The van der Waals surface area contributed by atoms with Gasteiger partial charge in [0.2, 0.25) is 23.6 Å². The number of aryl methyl sites for hydroxylation is 2. The number of amides is 6. The number of rotatable bonds is 22. The fraction of sp³-hybridized carbons (Fsp3) is 0.422. The van der Waals surface area contributed by atoms with E-state index in [2.05, 4.69) is 15.6 Å². The van der Waals surface area contributed by atoms with Gasteiger partial charge in [-0.05, 0) is 99.0 Å². The summed E-state index contributed by atoms with van der Waals surface area (Å²) >= 11 is 0. The molecule has 1 unspecified atom stereocenters. The number of ether oxygens (including phenoxy) is 4. The molecular weight excluding hydrogens is 1040 g/mol. The van der Waals surface area contributed by atoms with Gasteiger partial charge in [0, 0.05) is 93.1 Å². The Morgan fingerprint density at radius 1 is 0.695 bits per heavy atom. The number of nitrogens with one attached hydrogen (secondary N) is 2. The number of ketones is 1. The molecule has 1 fully saturated rings. The van der Waals surface area contributed by atoms with Crippen molar-refractivity contribution in [2.45, 2.75) is 124 Å². The molecule has 18 nitrogen and oxygen atoms in total. The number of carbonyl (C=O) groups excluding carboxylic acids is 7. The van der Waals surface area contributed by atoms with Crippen molar-refractivity contribution in [3.8, 4) is 23.0 Å². The Balaban J connectivity index is 0.000000225. The summed E-state index contributed by atoms with van der Waals surface area (Å²) in [4.78, 5) is 103. The minimum Gasteiger partial charge on any atom is -0.497 e. The minimum absolute atomic E-state index is 0.0388. The van der Waals surface area contributed by atoms with Crippen molar-refractivity contribution < 1.29 is 52.5 Å². The summed E-state index contributed by atoms with van der Waals surface area (Å²) < 4.78 is 23.0. The third kappa shape index (κ3) is 14.4. The lowest BCUT2D eigenvalue weighted by Gasteiger charge is -2.23. The molecule has 5 atom stereocenters. The van der Waals surface area contributed by atoms with Gasteiger partial charge in [0.15, 0.2) is 17.3 Å². The number of methoxy groups -OCH3 is 2. The first-order chi connectivity index (χ1) is 39.3. The van der Waals surface area contributed by atoms with Gasteiger partial charge in [-0.2, -0.15) is 0 Å². The Kier molecular flexibility index (Phi) is 19.6. The first kappa shape index (κ1) is 59.7. The number of carbonyl (C=O) groups is 7. The first-order valence-electron chi connectivity index (χ1n) is 28.2. The van der Waals surface area contributed by atoms with Crippen molar-refractivity contribution in [3.05, 3.63) is 119 Å². The quantitative estimate of drug-likeness (QED) is 0.0558. The number of aliphatic imine (C=N–C) groups is 2. The molecule has 4 aromatic carbocycles. The van der Waals surface area contributed by atoms with E-state index >= 15 is 0 Å². The van der Waals surface area contributed by atoms with Crippen LogP contribution >= 0.6 is 0 Å². The predicted octanol–water partition coefficient (Wildman–Crippen LogP) is 10.3.